The molecule has 1 rings (SSSR count). The van der Waals surface area contributed by atoms with Gasteiger partial charge in [-0.05, 0) is 31.0 Å². The molecule has 0 saturated heterocycles. The highest BCUT2D eigenvalue weighted by atomic mass is 19.4. The van der Waals surface area contributed by atoms with Crippen molar-refractivity contribution in [2.24, 2.45) is 0 Å². The van der Waals surface area contributed by atoms with Crippen LogP contribution in [0.1, 0.15) is 44.7 Å². The molecule has 0 fully saturated rings. The molecule has 1 aromatic carbocycles. The Hall–Kier alpha value is -2.05. The number of halogens is 3. The number of unbranched alkanes of at least 4 members (excludes halogenated alkanes) is 1. The van der Waals surface area contributed by atoms with E-state index in [0.717, 1.165) is 25.0 Å². The van der Waals surface area contributed by atoms with Crippen LogP contribution in [0.15, 0.2) is 24.3 Å². The van der Waals surface area contributed by atoms with Crippen LogP contribution in [0.3, 0.4) is 0 Å². The van der Waals surface area contributed by atoms with E-state index in [4.69, 9.17) is 0 Å². The van der Waals surface area contributed by atoms with Gasteiger partial charge in [-0.2, -0.15) is 13.2 Å². The van der Waals surface area contributed by atoms with Gasteiger partial charge in [0.1, 0.15) is 5.54 Å². The number of rotatable bonds is 6. The molecule has 23 heavy (non-hydrogen) atoms. The van der Waals surface area contributed by atoms with Crippen LogP contribution in [0.5, 0.6) is 0 Å². The molecular weight excluding hydrogens is 309 g/mol. The number of hydrogen-bond acceptors (Lipinski definition) is 2. The lowest BCUT2D eigenvalue weighted by Gasteiger charge is -2.30. The minimum Gasteiger partial charge on any atom is -0.354 e. The zero-order chi connectivity index (χ0) is 17.7. The van der Waals surface area contributed by atoms with E-state index >= 15 is 0 Å². The van der Waals surface area contributed by atoms with Gasteiger partial charge in [0.2, 0.25) is 11.8 Å². The Morgan fingerprint density at radius 1 is 1.17 bits per heavy atom. The second kappa shape index (κ2) is 7.48. The number of benzene rings is 1. The van der Waals surface area contributed by atoms with Crippen LogP contribution in [0, 0.1) is 0 Å². The highest BCUT2D eigenvalue weighted by Crippen LogP contribution is 2.32. The van der Waals surface area contributed by atoms with E-state index in [1.165, 1.54) is 26.0 Å². The summed E-state index contributed by atoms with van der Waals surface area (Å²) in [5, 5.41) is 5.11. The van der Waals surface area contributed by atoms with E-state index in [-0.39, 0.29) is 5.56 Å². The minimum atomic E-state index is -4.52. The average molecular weight is 330 g/mol. The van der Waals surface area contributed by atoms with Crippen molar-refractivity contribution in [3.63, 3.8) is 0 Å². The molecular formula is C16H21F3N2O2. The molecule has 0 heterocycles. The second-order valence-electron chi connectivity index (χ2n) is 5.49. The summed E-state index contributed by atoms with van der Waals surface area (Å²) in [6.45, 7) is 4.95. The zero-order valence-electron chi connectivity index (χ0n) is 13.4. The Labute approximate surface area is 133 Å². The third-order valence-corrected chi connectivity index (χ3v) is 3.46. The van der Waals surface area contributed by atoms with E-state index in [9.17, 15) is 22.8 Å². The third kappa shape index (κ3) is 4.97. The van der Waals surface area contributed by atoms with Gasteiger partial charge in [0.15, 0.2) is 0 Å². The molecule has 0 radical (unpaired) electrons. The molecule has 1 aromatic rings. The Morgan fingerprint density at radius 3 is 2.30 bits per heavy atom. The van der Waals surface area contributed by atoms with E-state index in [2.05, 4.69) is 10.6 Å². The SMILES string of the molecule is CCCCNC(=O)[C@@](C)(NC(C)=O)c1cccc(C(F)(F)F)c1. The lowest BCUT2D eigenvalue weighted by Crippen LogP contribution is -2.54. The molecule has 0 bridgehead atoms. The smallest absolute Gasteiger partial charge is 0.354 e. The topological polar surface area (TPSA) is 58.2 Å². The normalized spacial score (nSPS) is 14.0. The van der Waals surface area contributed by atoms with Gasteiger partial charge < -0.3 is 10.6 Å². The third-order valence-electron chi connectivity index (χ3n) is 3.46. The van der Waals surface area contributed by atoms with Crippen molar-refractivity contribution < 1.29 is 22.8 Å². The first-order chi connectivity index (χ1) is 10.6. The monoisotopic (exact) mass is 330 g/mol. The highest BCUT2D eigenvalue weighted by molar-refractivity contribution is 5.91. The number of carbonyl (C=O) groups is 2. The minimum absolute atomic E-state index is 0.0801. The summed E-state index contributed by atoms with van der Waals surface area (Å²) < 4.78 is 38.6. The van der Waals surface area contributed by atoms with Crippen LogP contribution in [-0.4, -0.2) is 18.4 Å². The molecule has 1 atom stereocenters. The van der Waals surface area contributed by atoms with Gasteiger partial charge in [0.05, 0.1) is 5.56 Å². The van der Waals surface area contributed by atoms with E-state index in [1.807, 2.05) is 6.92 Å². The molecule has 0 unspecified atom stereocenters. The number of nitrogens with one attached hydrogen (secondary N) is 2. The van der Waals surface area contributed by atoms with Gasteiger partial charge in [-0.15, -0.1) is 0 Å². The van der Waals surface area contributed by atoms with E-state index in [0.29, 0.717) is 6.54 Å². The Kier molecular flexibility index (Phi) is 6.18. The van der Waals surface area contributed by atoms with E-state index in [1.54, 1.807) is 0 Å². The lowest BCUT2D eigenvalue weighted by atomic mass is 9.89. The summed E-state index contributed by atoms with van der Waals surface area (Å²) in [5.74, 6) is -1.05. The number of alkyl halides is 3. The standard InChI is InChI=1S/C16H21F3N2O2/c1-4-5-9-20-14(23)15(3,21-11(2)22)12-7-6-8-13(10-12)16(17,18)19/h6-8,10H,4-5,9H2,1-3H3,(H,20,23)(H,21,22)/t15-/m0/s1. The van der Waals surface area contributed by atoms with E-state index < -0.39 is 29.1 Å². The summed E-state index contributed by atoms with van der Waals surface area (Å²) in [5.41, 5.74) is -2.36. The molecule has 0 aromatic heterocycles. The van der Waals surface area contributed by atoms with Crippen LogP contribution in [-0.2, 0) is 21.3 Å². The molecule has 0 saturated carbocycles. The highest BCUT2D eigenvalue weighted by Gasteiger charge is 2.38. The van der Waals surface area contributed by atoms with Crippen LogP contribution in [0.4, 0.5) is 13.2 Å². The Balaban J connectivity index is 3.20. The average Bonchev–Trinajstić information content (AvgIpc) is 2.45. The lowest BCUT2D eigenvalue weighted by molar-refractivity contribution is -0.138. The van der Waals surface area contributed by atoms with Crippen molar-refractivity contribution in [2.75, 3.05) is 6.54 Å². The van der Waals surface area contributed by atoms with Gasteiger partial charge >= 0.3 is 6.18 Å². The van der Waals surface area contributed by atoms with Crippen LogP contribution >= 0.6 is 0 Å². The fourth-order valence-electron chi connectivity index (χ4n) is 2.17. The fraction of sp³-hybridized carbons (Fsp3) is 0.500. The van der Waals surface area contributed by atoms with Crippen LogP contribution in [0.25, 0.3) is 0 Å². The molecule has 0 aliphatic rings. The summed E-state index contributed by atoms with van der Waals surface area (Å²) in [6.07, 6.45) is -2.92. The molecule has 2 N–H and O–H groups in total. The zero-order valence-corrected chi connectivity index (χ0v) is 13.4. The predicted octanol–water partition coefficient (Wildman–Crippen LogP) is 2.97. The Bertz CT molecular complexity index is 573. The molecule has 128 valence electrons. The number of hydrogen-bond donors (Lipinski definition) is 2. The maximum absolute atomic E-state index is 12.9. The van der Waals surface area contributed by atoms with Crippen molar-refractivity contribution >= 4 is 11.8 Å². The summed E-state index contributed by atoms with van der Waals surface area (Å²) in [4.78, 5) is 23.9. The van der Waals surface area contributed by atoms with Crippen LogP contribution < -0.4 is 10.6 Å². The fourth-order valence-corrected chi connectivity index (χ4v) is 2.17. The van der Waals surface area contributed by atoms with Crippen molar-refractivity contribution in [3.05, 3.63) is 35.4 Å². The molecule has 0 spiro atoms. The second-order valence-corrected chi connectivity index (χ2v) is 5.49. The van der Waals surface area contributed by atoms with Gasteiger partial charge in [-0.25, -0.2) is 0 Å². The molecule has 0 aliphatic heterocycles. The molecule has 4 nitrogen and oxygen atoms in total. The number of carbonyl (C=O) groups excluding carboxylic acids is 2. The van der Waals surface area contributed by atoms with Gasteiger partial charge in [-0.1, -0.05) is 25.5 Å². The van der Waals surface area contributed by atoms with Gasteiger partial charge in [-0.3, -0.25) is 9.59 Å². The van der Waals surface area contributed by atoms with Crippen molar-refractivity contribution in [2.45, 2.75) is 45.3 Å². The predicted molar refractivity (Wildman–Crippen MR) is 80.5 cm³/mol. The summed E-state index contributed by atoms with van der Waals surface area (Å²) in [6, 6.07) is 4.42. The quantitative estimate of drug-likeness (QED) is 0.788. The van der Waals surface area contributed by atoms with Gasteiger partial charge in [0, 0.05) is 13.5 Å². The summed E-state index contributed by atoms with van der Waals surface area (Å²) >= 11 is 0. The first-order valence-corrected chi connectivity index (χ1v) is 7.36. The van der Waals surface area contributed by atoms with Crippen molar-refractivity contribution in [1.82, 2.24) is 10.6 Å². The Morgan fingerprint density at radius 2 is 1.78 bits per heavy atom. The molecule has 7 heteroatoms. The van der Waals surface area contributed by atoms with Crippen LogP contribution in [0.2, 0.25) is 0 Å². The maximum Gasteiger partial charge on any atom is 0.416 e. The van der Waals surface area contributed by atoms with Crippen molar-refractivity contribution in [3.8, 4) is 0 Å². The van der Waals surface area contributed by atoms with Crippen molar-refractivity contribution in [1.29, 1.82) is 0 Å². The first-order valence-electron chi connectivity index (χ1n) is 7.36. The summed E-state index contributed by atoms with van der Waals surface area (Å²) in [7, 11) is 0. The maximum atomic E-state index is 12.9. The largest absolute Gasteiger partial charge is 0.416 e. The first kappa shape index (κ1) is 19.0. The molecule has 0 aliphatic carbocycles. The van der Waals surface area contributed by atoms with Gasteiger partial charge in [0.25, 0.3) is 0 Å². The molecule has 2 amide bonds. The number of amides is 2.